The van der Waals surface area contributed by atoms with Gasteiger partial charge in [0.05, 0.1) is 12.1 Å². The second kappa shape index (κ2) is 11.5. The van der Waals surface area contributed by atoms with Gasteiger partial charge in [0, 0.05) is 37.1 Å². The summed E-state index contributed by atoms with van der Waals surface area (Å²) in [5.41, 5.74) is 1.50. The maximum absolute atomic E-state index is 13.0. The van der Waals surface area contributed by atoms with E-state index in [1.54, 1.807) is 12.1 Å². The van der Waals surface area contributed by atoms with Crippen LogP contribution in [0.2, 0.25) is 0 Å². The van der Waals surface area contributed by atoms with Crippen molar-refractivity contribution in [1.29, 1.82) is 0 Å². The van der Waals surface area contributed by atoms with Crippen LogP contribution >= 0.6 is 12.4 Å². The molecule has 4 rings (SSSR count). The lowest BCUT2D eigenvalue weighted by Gasteiger charge is -2.32. The van der Waals surface area contributed by atoms with Crippen LogP contribution in [-0.4, -0.2) is 52.9 Å². The first-order chi connectivity index (χ1) is 15.5. The first-order valence-corrected chi connectivity index (χ1v) is 11.4. The number of ether oxygens (including phenoxy) is 1. The SMILES string of the molecule is CC(C)n1nc(C(=O)NC2CCN(CCCOc3ccc(F)cc3)CC2)c2ccccc21.Cl. The Morgan fingerprint density at radius 1 is 1.15 bits per heavy atom. The highest BCUT2D eigenvalue weighted by Crippen LogP contribution is 2.22. The molecule has 1 amide bonds. The van der Waals surface area contributed by atoms with Crippen LogP contribution in [0.1, 0.15) is 49.6 Å². The Morgan fingerprint density at radius 2 is 1.85 bits per heavy atom. The molecule has 0 spiro atoms. The summed E-state index contributed by atoms with van der Waals surface area (Å²) < 4.78 is 20.5. The molecule has 1 aliphatic rings. The largest absolute Gasteiger partial charge is 0.494 e. The van der Waals surface area contributed by atoms with Crippen LogP contribution < -0.4 is 10.1 Å². The van der Waals surface area contributed by atoms with Gasteiger partial charge in [-0.15, -0.1) is 12.4 Å². The van der Waals surface area contributed by atoms with E-state index < -0.39 is 0 Å². The zero-order valence-electron chi connectivity index (χ0n) is 19.2. The number of benzene rings is 2. The van der Waals surface area contributed by atoms with E-state index in [1.165, 1.54) is 12.1 Å². The minimum absolute atomic E-state index is 0. The Kier molecular flexibility index (Phi) is 8.69. The number of hydrogen-bond donors (Lipinski definition) is 1. The van der Waals surface area contributed by atoms with Gasteiger partial charge in [-0.25, -0.2) is 4.39 Å². The molecule has 0 radical (unpaired) electrons. The van der Waals surface area contributed by atoms with Crippen LogP contribution in [0.25, 0.3) is 10.9 Å². The van der Waals surface area contributed by atoms with E-state index in [4.69, 9.17) is 4.74 Å². The molecular weight excluding hydrogens is 443 g/mol. The monoisotopic (exact) mass is 474 g/mol. The molecule has 0 unspecified atom stereocenters. The Balaban J connectivity index is 0.00000306. The molecule has 1 aromatic heterocycles. The third kappa shape index (κ3) is 6.24. The number of nitrogens with one attached hydrogen (secondary N) is 1. The second-order valence-electron chi connectivity index (χ2n) is 8.65. The average Bonchev–Trinajstić information content (AvgIpc) is 3.19. The summed E-state index contributed by atoms with van der Waals surface area (Å²) in [6.07, 6.45) is 2.76. The van der Waals surface area contributed by atoms with Crippen molar-refractivity contribution in [2.75, 3.05) is 26.2 Å². The molecule has 3 aromatic rings. The number of halogens is 2. The van der Waals surface area contributed by atoms with Crippen molar-refractivity contribution < 1.29 is 13.9 Å². The summed E-state index contributed by atoms with van der Waals surface area (Å²) in [6.45, 7) is 7.59. The Hall–Kier alpha value is -2.64. The number of likely N-dealkylation sites (tertiary alicyclic amines) is 1. The fourth-order valence-corrected chi connectivity index (χ4v) is 4.21. The van der Waals surface area contributed by atoms with Gasteiger partial charge >= 0.3 is 0 Å². The van der Waals surface area contributed by atoms with Crippen molar-refractivity contribution in [1.82, 2.24) is 20.0 Å². The zero-order valence-corrected chi connectivity index (χ0v) is 20.0. The highest BCUT2D eigenvalue weighted by molar-refractivity contribution is 6.05. The number of hydrogen-bond acceptors (Lipinski definition) is 4. The van der Waals surface area contributed by atoms with E-state index >= 15 is 0 Å². The molecule has 1 aliphatic heterocycles. The molecule has 6 nitrogen and oxygen atoms in total. The third-order valence-corrected chi connectivity index (χ3v) is 5.94. The van der Waals surface area contributed by atoms with E-state index in [0.29, 0.717) is 18.1 Å². The average molecular weight is 475 g/mol. The Labute approximate surface area is 200 Å². The lowest BCUT2D eigenvalue weighted by molar-refractivity contribution is 0.0905. The summed E-state index contributed by atoms with van der Waals surface area (Å²) in [5, 5.41) is 8.71. The Morgan fingerprint density at radius 3 is 2.55 bits per heavy atom. The number of fused-ring (bicyclic) bond motifs is 1. The highest BCUT2D eigenvalue weighted by atomic mass is 35.5. The van der Waals surface area contributed by atoms with Crippen LogP contribution in [0, 0.1) is 5.82 Å². The van der Waals surface area contributed by atoms with E-state index in [1.807, 2.05) is 28.9 Å². The van der Waals surface area contributed by atoms with Crippen LogP contribution in [0.3, 0.4) is 0 Å². The molecule has 1 N–H and O–H groups in total. The lowest BCUT2D eigenvalue weighted by Crippen LogP contribution is -2.45. The van der Waals surface area contributed by atoms with Gasteiger partial charge in [-0.3, -0.25) is 9.48 Å². The minimum Gasteiger partial charge on any atom is -0.494 e. The molecule has 0 aliphatic carbocycles. The van der Waals surface area contributed by atoms with Gasteiger partial charge in [0.2, 0.25) is 0 Å². The smallest absolute Gasteiger partial charge is 0.272 e. The lowest BCUT2D eigenvalue weighted by atomic mass is 10.0. The molecule has 2 heterocycles. The highest BCUT2D eigenvalue weighted by Gasteiger charge is 2.24. The summed E-state index contributed by atoms with van der Waals surface area (Å²) in [5.74, 6) is 0.348. The minimum atomic E-state index is -0.256. The van der Waals surface area contributed by atoms with Crippen LogP contribution in [0.5, 0.6) is 5.75 Å². The second-order valence-corrected chi connectivity index (χ2v) is 8.65. The van der Waals surface area contributed by atoms with Crippen molar-refractivity contribution >= 4 is 29.2 Å². The molecule has 1 saturated heterocycles. The van der Waals surface area contributed by atoms with Gasteiger partial charge < -0.3 is 15.0 Å². The predicted octanol–water partition coefficient (Wildman–Crippen LogP) is 4.84. The quantitative estimate of drug-likeness (QED) is 0.474. The molecule has 0 bridgehead atoms. The predicted molar refractivity (Wildman–Crippen MR) is 131 cm³/mol. The number of carbonyl (C=O) groups is 1. The summed E-state index contributed by atoms with van der Waals surface area (Å²) in [4.78, 5) is 15.4. The van der Waals surface area contributed by atoms with E-state index in [9.17, 15) is 9.18 Å². The van der Waals surface area contributed by atoms with Crippen molar-refractivity contribution in [3.63, 3.8) is 0 Å². The van der Waals surface area contributed by atoms with Gasteiger partial charge in [-0.1, -0.05) is 18.2 Å². The van der Waals surface area contributed by atoms with Crippen molar-refractivity contribution in [3.8, 4) is 5.75 Å². The molecule has 178 valence electrons. The maximum Gasteiger partial charge on any atom is 0.272 e. The number of rotatable bonds is 8. The normalized spacial score (nSPS) is 14.9. The number of carbonyl (C=O) groups excluding carboxylic acids is 1. The van der Waals surface area contributed by atoms with Crippen molar-refractivity contribution in [3.05, 3.63) is 60.0 Å². The van der Waals surface area contributed by atoms with Gasteiger partial charge in [0.25, 0.3) is 5.91 Å². The number of piperidine rings is 1. The van der Waals surface area contributed by atoms with Crippen LogP contribution in [0.15, 0.2) is 48.5 Å². The fourth-order valence-electron chi connectivity index (χ4n) is 4.21. The maximum atomic E-state index is 13.0. The number of aromatic nitrogens is 2. The summed E-state index contributed by atoms with van der Waals surface area (Å²) in [7, 11) is 0. The molecular formula is C25H32ClFN4O2. The number of para-hydroxylation sites is 1. The van der Waals surface area contributed by atoms with Crippen LogP contribution in [-0.2, 0) is 0 Å². The molecule has 2 aromatic carbocycles. The van der Waals surface area contributed by atoms with Crippen molar-refractivity contribution in [2.45, 2.75) is 45.2 Å². The molecule has 0 saturated carbocycles. The van der Waals surface area contributed by atoms with E-state index in [-0.39, 0.29) is 36.2 Å². The molecule has 1 fully saturated rings. The fraction of sp³-hybridized carbons (Fsp3) is 0.440. The van der Waals surface area contributed by atoms with E-state index in [2.05, 4.69) is 29.2 Å². The molecule has 8 heteroatoms. The van der Waals surface area contributed by atoms with Gasteiger partial charge in [0.15, 0.2) is 5.69 Å². The first kappa shape index (κ1) is 25.0. The molecule has 0 atom stereocenters. The van der Waals surface area contributed by atoms with Crippen LogP contribution in [0.4, 0.5) is 4.39 Å². The summed E-state index contributed by atoms with van der Waals surface area (Å²) in [6, 6.07) is 14.4. The standard InChI is InChI=1S/C25H31FN4O2.ClH/c1-18(2)30-23-7-4-3-6-22(23)24(28-30)25(31)27-20-12-15-29(16-13-20)14-5-17-32-21-10-8-19(26)9-11-21;/h3-4,6-11,18,20H,5,12-17H2,1-2H3,(H,27,31);1H. The number of amides is 1. The van der Waals surface area contributed by atoms with E-state index in [0.717, 1.165) is 49.8 Å². The zero-order chi connectivity index (χ0) is 22.5. The molecule has 33 heavy (non-hydrogen) atoms. The third-order valence-electron chi connectivity index (χ3n) is 5.94. The first-order valence-electron chi connectivity index (χ1n) is 11.4. The van der Waals surface area contributed by atoms with Gasteiger partial charge in [-0.2, -0.15) is 5.10 Å². The van der Waals surface area contributed by atoms with Crippen molar-refractivity contribution in [2.24, 2.45) is 0 Å². The summed E-state index contributed by atoms with van der Waals surface area (Å²) >= 11 is 0. The topological polar surface area (TPSA) is 59.4 Å². The van der Waals surface area contributed by atoms with Gasteiger partial charge in [-0.05, 0) is 63.4 Å². The van der Waals surface area contributed by atoms with Gasteiger partial charge in [0.1, 0.15) is 11.6 Å². The Bertz CT molecular complexity index is 1050. The number of nitrogens with zero attached hydrogens (tertiary/aromatic N) is 3.